The maximum atomic E-state index is 11.1. The number of hydrogen-bond donors (Lipinski definition) is 2. The van der Waals surface area contributed by atoms with Crippen LogP contribution in [-0.2, 0) is 9.26 Å². The summed E-state index contributed by atoms with van der Waals surface area (Å²) in [6.07, 6.45) is 0. The van der Waals surface area contributed by atoms with Gasteiger partial charge in [-0.1, -0.05) is 0 Å². The number of methoxy groups -OCH3 is 1. The van der Waals surface area contributed by atoms with Crippen LogP contribution in [0.4, 0.5) is 0 Å². The summed E-state index contributed by atoms with van der Waals surface area (Å²) < 4.78 is 9.09. The number of rotatable bonds is 3. The van der Waals surface area contributed by atoms with E-state index in [1.165, 1.54) is 38.5 Å². The molecule has 0 radical (unpaired) electrons. The van der Waals surface area contributed by atoms with Gasteiger partial charge < -0.3 is 0 Å². The molecule has 0 saturated heterocycles. The van der Waals surface area contributed by atoms with E-state index in [-0.39, 0.29) is 5.30 Å². The van der Waals surface area contributed by atoms with E-state index in [1.807, 2.05) is 0 Å². The van der Waals surface area contributed by atoms with Crippen molar-refractivity contribution in [2.24, 2.45) is 0 Å². The van der Waals surface area contributed by atoms with Gasteiger partial charge in [-0.3, -0.25) is 0 Å². The van der Waals surface area contributed by atoms with Gasteiger partial charge in [0, 0.05) is 0 Å². The fourth-order valence-electron chi connectivity index (χ4n) is 1.06. The number of benzene rings is 1. The summed E-state index contributed by atoms with van der Waals surface area (Å²) in [6, 6.07) is 5.77. The Bertz CT molecular complexity index is 346. The fourth-order valence-corrected chi connectivity index (χ4v) is 1.90. The van der Waals surface area contributed by atoms with Crippen LogP contribution < -0.4 is 5.30 Å². The molecule has 0 fully saturated rings. The van der Waals surface area contributed by atoms with Gasteiger partial charge in [0.15, 0.2) is 0 Å². The molecule has 0 unspecified atom stereocenters. The summed E-state index contributed by atoms with van der Waals surface area (Å²) in [6.45, 7) is 0. The topological polar surface area (TPSA) is 76.0 Å². The summed E-state index contributed by atoms with van der Waals surface area (Å²) >= 11 is 0. The third-order valence-corrected chi connectivity index (χ3v) is 3.62. The minimum atomic E-state index is -3.77. The first-order chi connectivity index (χ1) is 7.01. The number of carbonyl (C=O) groups excluding carboxylic acids is 1. The van der Waals surface area contributed by atoms with Crippen molar-refractivity contribution in [3.63, 3.8) is 0 Å². The van der Waals surface area contributed by atoms with Crippen molar-refractivity contribution in [1.82, 2.24) is 0 Å². The normalized spacial score (nSPS) is 12.3. The molecule has 1 aromatic carbocycles. The Morgan fingerprint density at radius 3 is 2.13 bits per heavy atom. The molecule has 0 atom stereocenters. The molecule has 84 valence electrons. The van der Waals surface area contributed by atoms with Crippen LogP contribution in [0.5, 0.6) is 0 Å². The van der Waals surface area contributed by atoms with Crippen LogP contribution in [0.1, 0.15) is 10.4 Å². The fraction of sp³-hybridized carbons (Fsp3) is 0.222. The standard InChI is InChI=1S/C9H13O5P/c1-13-9(10)7-3-5-8(6-4-7)15(11,12)14-2/h3-6,11-12,15H,1-2H3. The molecular weight excluding hydrogens is 219 g/mol. The van der Waals surface area contributed by atoms with E-state index in [1.54, 1.807) is 0 Å². The van der Waals surface area contributed by atoms with Crippen LogP contribution >= 0.6 is 7.94 Å². The Labute approximate surface area is 87.8 Å². The molecule has 1 aromatic rings. The van der Waals surface area contributed by atoms with Crippen molar-refractivity contribution in [3.8, 4) is 0 Å². The quantitative estimate of drug-likeness (QED) is 0.576. The molecule has 0 aromatic heterocycles. The van der Waals surface area contributed by atoms with Crippen LogP contribution in [0.15, 0.2) is 24.3 Å². The number of hydrogen-bond acceptors (Lipinski definition) is 5. The molecule has 0 bridgehead atoms. The van der Waals surface area contributed by atoms with Gasteiger partial charge in [-0.05, 0) is 0 Å². The van der Waals surface area contributed by atoms with E-state index in [0.717, 1.165) is 0 Å². The molecule has 6 heteroatoms. The third kappa shape index (κ3) is 2.73. The van der Waals surface area contributed by atoms with Gasteiger partial charge in [0.1, 0.15) is 0 Å². The summed E-state index contributed by atoms with van der Waals surface area (Å²) in [5.74, 6) is -0.470. The Kier molecular flexibility index (Phi) is 3.77. The van der Waals surface area contributed by atoms with Gasteiger partial charge in [-0.2, -0.15) is 0 Å². The molecule has 1 rings (SSSR count). The minimum absolute atomic E-state index is 0.276. The molecule has 0 aliphatic rings. The van der Waals surface area contributed by atoms with Crippen molar-refractivity contribution in [2.75, 3.05) is 14.2 Å². The second-order valence-corrected chi connectivity index (χ2v) is 5.08. The molecule has 0 saturated carbocycles. The first-order valence-electron chi connectivity index (χ1n) is 4.20. The van der Waals surface area contributed by atoms with Gasteiger partial charge in [-0.25, -0.2) is 0 Å². The average Bonchev–Trinajstić information content (AvgIpc) is 2.28. The zero-order valence-corrected chi connectivity index (χ0v) is 9.43. The molecule has 0 aliphatic heterocycles. The molecule has 15 heavy (non-hydrogen) atoms. The van der Waals surface area contributed by atoms with Crippen LogP contribution in [0, 0.1) is 0 Å². The second-order valence-electron chi connectivity index (χ2n) is 2.88. The number of esters is 1. The van der Waals surface area contributed by atoms with Gasteiger partial charge in [0.2, 0.25) is 0 Å². The molecule has 5 nitrogen and oxygen atoms in total. The first kappa shape index (κ1) is 12.1. The number of carbonyl (C=O) groups is 1. The van der Waals surface area contributed by atoms with Crippen LogP contribution in [0.2, 0.25) is 0 Å². The van der Waals surface area contributed by atoms with E-state index in [0.29, 0.717) is 5.56 Å². The van der Waals surface area contributed by atoms with Crippen molar-refractivity contribution in [3.05, 3.63) is 29.8 Å². The van der Waals surface area contributed by atoms with Gasteiger partial charge in [-0.15, -0.1) is 0 Å². The monoisotopic (exact) mass is 232 g/mol. The van der Waals surface area contributed by atoms with Crippen molar-refractivity contribution in [2.45, 2.75) is 0 Å². The van der Waals surface area contributed by atoms with Crippen molar-refractivity contribution >= 4 is 19.2 Å². The molecule has 0 spiro atoms. The summed E-state index contributed by atoms with van der Waals surface area (Å²) in [4.78, 5) is 30.0. The van der Waals surface area contributed by atoms with Gasteiger partial charge in [0.25, 0.3) is 0 Å². The maximum absolute atomic E-state index is 11.1. The third-order valence-electron chi connectivity index (χ3n) is 1.97. The Morgan fingerprint density at radius 1 is 1.20 bits per heavy atom. The van der Waals surface area contributed by atoms with E-state index in [4.69, 9.17) is 0 Å². The average molecular weight is 232 g/mol. The van der Waals surface area contributed by atoms with E-state index < -0.39 is 13.9 Å². The Balaban J connectivity index is 2.95. The summed E-state index contributed by atoms with van der Waals surface area (Å²) in [7, 11) is -1.27. The summed E-state index contributed by atoms with van der Waals surface area (Å²) in [5, 5.41) is 0.276. The molecule has 0 aliphatic carbocycles. The second kappa shape index (κ2) is 4.68. The molecule has 2 N–H and O–H groups in total. The van der Waals surface area contributed by atoms with Crippen LogP contribution in [0.25, 0.3) is 0 Å². The van der Waals surface area contributed by atoms with Crippen LogP contribution in [-0.4, -0.2) is 30.0 Å². The van der Waals surface area contributed by atoms with Crippen molar-refractivity contribution < 1.29 is 23.8 Å². The van der Waals surface area contributed by atoms with E-state index in [9.17, 15) is 14.6 Å². The first-order valence-corrected chi connectivity index (χ1v) is 6.00. The predicted octanol–water partition coefficient (Wildman–Crippen LogP) is 0.224. The van der Waals surface area contributed by atoms with Crippen molar-refractivity contribution in [1.29, 1.82) is 0 Å². The van der Waals surface area contributed by atoms with E-state index >= 15 is 0 Å². The zero-order chi connectivity index (χ0) is 11.5. The summed E-state index contributed by atoms with van der Waals surface area (Å²) in [5.41, 5.74) is 0.349. The zero-order valence-electron chi connectivity index (χ0n) is 8.43. The van der Waals surface area contributed by atoms with E-state index in [2.05, 4.69) is 9.26 Å². The Hall–Kier alpha value is -1.00. The molecule has 0 heterocycles. The van der Waals surface area contributed by atoms with Crippen LogP contribution in [0.3, 0.4) is 0 Å². The predicted molar refractivity (Wildman–Crippen MR) is 57.2 cm³/mol. The number of ether oxygens (including phenoxy) is 1. The Morgan fingerprint density at radius 2 is 1.73 bits per heavy atom. The van der Waals surface area contributed by atoms with Gasteiger partial charge in [0.05, 0.1) is 0 Å². The van der Waals surface area contributed by atoms with Gasteiger partial charge >= 0.3 is 87.1 Å². The molecule has 0 amide bonds. The SMILES string of the molecule is COC(=O)c1ccc([PH](O)(O)OC)cc1. The molecular formula is C9H13O5P.